The van der Waals surface area contributed by atoms with Crippen molar-refractivity contribution in [2.45, 2.75) is 12.7 Å². The van der Waals surface area contributed by atoms with Crippen molar-refractivity contribution in [3.8, 4) is 0 Å². The fraction of sp³-hybridized carbons (Fsp3) is 0.333. The molecule has 0 heterocycles. The van der Waals surface area contributed by atoms with Gasteiger partial charge in [0, 0.05) is 12.2 Å². The molecule has 2 nitrogen and oxygen atoms in total. The monoisotopic (exact) mass is 204 g/mol. The number of nitrogens with one attached hydrogen (secondary N) is 1. The third-order valence-electron chi connectivity index (χ3n) is 1.72. The Balaban J connectivity index is 2.67. The molecule has 0 bridgehead atoms. The van der Waals surface area contributed by atoms with Gasteiger partial charge in [-0.25, -0.2) is 0 Å². The highest BCUT2D eigenvalue weighted by Gasteiger charge is 2.26. The van der Waals surface area contributed by atoms with Crippen molar-refractivity contribution in [3.05, 3.63) is 29.8 Å². The number of alkyl halides is 3. The molecule has 78 valence electrons. The molecular weight excluding hydrogens is 193 g/mol. The summed E-state index contributed by atoms with van der Waals surface area (Å²) in [4.78, 5) is 0. The van der Waals surface area contributed by atoms with Crippen LogP contribution in [0.3, 0.4) is 0 Å². The minimum Gasteiger partial charge on any atom is -0.376 e. The molecule has 1 rings (SSSR count). The van der Waals surface area contributed by atoms with Gasteiger partial charge < -0.3 is 11.1 Å². The number of nitrogens with two attached hydrogens (primary N) is 1. The second kappa shape index (κ2) is 4.32. The van der Waals surface area contributed by atoms with Gasteiger partial charge in [0.2, 0.25) is 0 Å². The Morgan fingerprint density at radius 1 is 1.21 bits per heavy atom. The molecule has 0 unspecified atom stereocenters. The van der Waals surface area contributed by atoms with Crippen LogP contribution in [0.15, 0.2) is 24.3 Å². The molecule has 1 aromatic carbocycles. The maximum atomic E-state index is 11.9. The van der Waals surface area contributed by atoms with Crippen molar-refractivity contribution in [2.75, 3.05) is 11.9 Å². The summed E-state index contributed by atoms with van der Waals surface area (Å²) in [6, 6.07) is 6.67. The van der Waals surface area contributed by atoms with E-state index in [1.165, 1.54) is 0 Å². The van der Waals surface area contributed by atoms with Crippen LogP contribution in [0, 0.1) is 0 Å². The van der Waals surface area contributed by atoms with Crippen LogP contribution in [0.5, 0.6) is 0 Å². The molecule has 0 spiro atoms. The van der Waals surface area contributed by atoms with Crippen LogP contribution in [0.1, 0.15) is 5.56 Å². The zero-order valence-corrected chi connectivity index (χ0v) is 7.43. The first-order valence-corrected chi connectivity index (χ1v) is 4.11. The fourth-order valence-corrected chi connectivity index (χ4v) is 1.07. The molecule has 0 aromatic heterocycles. The summed E-state index contributed by atoms with van der Waals surface area (Å²) in [6.07, 6.45) is -4.21. The van der Waals surface area contributed by atoms with Gasteiger partial charge in [-0.3, -0.25) is 0 Å². The van der Waals surface area contributed by atoms with E-state index in [9.17, 15) is 13.2 Å². The van der Waals surface area contributed by atoms with E-state index in [0.29, 0.717) is 11.3 Å². The number of hydrogen-bond donors (Lipinski definition) is 2. The second-order valence-corrected chi connectivity index (χ2v) is 2.83. The summed E-state index contributed by atoms with van der Waals surface area (Å²) < 4.78 is 35.6. The number of para-hydroxylation sites is 1. The van der Waals surface area contributed by atoms with E-state index in [2.05, 4.69) is 5.32 Å². The lowest BCUT2D eigenvalue weighted by molar-refractivity contribution is -0.115. The quantitative estimate of drug-likeness (QED) is 0.791. The first-order valence-electron chi connectivity index (χ1n) is 4.11. The Bertz CT molecular complexity index is 296. The Hall–Kier alpha value is -1.23. The largest absolute Gasteiger partial charge is 0.405 e. The fourth-order valence-electron chi connectivity index (χ4n) is 1.07. The van der Waals surface area contributed by atoms with Crippen LogP contribution in [0.2, 0.25) is 0 Å². The van der Waals surface area contributed by atoms with Crippen LogP contribution in [-0.2, 0) is 6.54 Å². The molecule has 3 N–H and O–H groups in total. The summed E-state index contributed by atoms with van der Waals surface area (Å²) >= 11 is 0. The van der Waals surface area contributed by atoms with Gasteiger partial charge in [0.25, 0.3) is 0 Å². The molecule has 0 atom stereocenters. The van der Waals surface area contributed by atoms with Crippen molar-refractivity contribution in [3.63, 3.8) is 0 Å². The van der Waals surface area contributed by atoms with Gasteiger partial charge >= 0.3 is 6.18 Å². The number of anilines is 1. The second-order valence-electron chi connectivity index (χ2n) is 2.83. The predicted octanol–water partition coefficient (Wildman–Crippen LogP) is 2.12. The summed E-state index contributed by atoms with van der Waals surface area (Å²) in [5, 5.41) is 2.30. The standard InChI is InChI=1S/C9H11F3N2/c10-9(11,12)6-14-8-4-2-1-3-7(8)5-13/h1-4,14H,5-6,13H2. The van der Waals surface area contributed by atoms with Crippen molar-refractivity contribution < 1.29 is 13.2 Å². The molecule has 0 aliphatic heterocycles. The summed E-state index contributed by atoms with van der Waals surface area (Å²) in [5.74, 6) is 0. The molecule has 0 aliphatic rings. The molecule has 0 aliphatic carbocycles. The Morgan fingerprint density at radius 3 is 2.43 bits per heavy atom. The Morgan fingerprint density at radius 2 is 1.86 bits per heavy atom. The molecule has 0 radical (unpaired) electrons. The summed E-state index contributed by atoms with van der Waals surface area (Å²) in [5.41, 5.74) is 6.48. The molecule has 0 saturated heterocycles. The molecule has 0 amide bonds. The van der Waals surface area contributed by atoms with E-state index in [1.54, 1.807) is 24.3 Å². The Labute approximate surface area is 79.9 Å². The summed E-state index contributed by atoms with van der Waals surface area (Å²) in [7, 11) is 0. The van der Waals surface area contributed by atoms with Crippen molar-refractivity contribution in [1.29, 1.82) is 0 Å². The molecule has 0 fully saturated rings. The molecule has 1 aromatic rings. The third kappa shape index (κ3) is 3.26. The van der Waals surface area contributed by atoms with Crippen LogP contribution in [0.4, 0.5) is 18.9 Å². The zero-order chi connectivity index (χ0) is 10.6. The van der Waals surface area contributed by atoms with E-state index in [-0.39, 0.29) is 6.54 Å². The molecule has 0 saturated carbocycles. The van der Waals surface area contributed by atoms with Gasteiger partial charge in [0.15, 0.2) is 0 Å². The number of halogens is 3. The molecular formula is C9H11F3N2. The number of hydrogen-bond acceptors (Lipinski definition) is 2. The van der Waals surface area contributed by atoms with Crippen LogP contribution in [0.25, 0.3) is 0 Å². The van der Waals surface area contributed by atoms with Crippen molar-refractivity contribution in [1.82, 2.24) is 0 Å². The third-order valence-corrected chi connectivity index (χ3v) is 1.72. The maximum absolute atomic E-state index is 11.9. The van der Waals surface area contributed by atoms with Crippen LogP contribution < -0.4 is 11.1 Å². The average Bonchev–Trinajstić information content (AvgIpc) is 2.14. The lowest BCUT2D eigenvalue weighted by Crippen LogP contribution is -2.22. The zero-order valence-electron chi connectivity index (χ0n) is 7.43. The van der Waals surface area contributed by atoms with E-state index in [1.807, 2.05) is 0 Å². The minimum absolute atomic E-state index is 0.223. The van der Waals surface area contributed by atoms with Gasteiger partial charge in [-0.15, -0.1) is 0 Å². The molecule has 14 heavy (non-hydrogen) atoms. The van der Waals surface area contributed by atoms with Gasteiger partial charge in [-0.2, -0.15) is 13.2 Å². The van der Waals surface area contributed by atoms with E-state index < -0.39 is 12.7 Å². The average molecular weight is 204 g/mol. The van der Waals surface area contributed by atoms with Crippen LogP contribution >= 0.6 is 0 Å². The van der Waals surface area contributed by atoms with Gasteiger partial charge in [-0.1, -0.05) is 18.2 Å². The predicted molar refractivity (Wildman–Crippen MR) is 48.9 cm³/mol. The Kier molecular flexibility index (Phi) is 3.35. The highest BCUT2D eigenvalue weighted by molar-refractivity contribution is 5.51. The van der Waals surface area contributed by atoms with E-state index in [4.69, 9.17) is 5.73 Å². The highest BCUT2D eigenvalue weighted by atomic mass is 19.4. The van der Waals surface area contributed by atoms with E-state index in [0.717, 1.165) is 0 Å². The lowest BCUT2D eigenvalue weighted by atomic mass is 10.2. The maximum Gasteiger partial charge on any atom is 0.405 e. The van der Waals surface area contributed by atoms with Crippen molar-refractivity contribution >= 4 is 5.69 Å². The topological polar surface area (TPSA) is 38.0 Å². The van der Waals surface area contributed by atoms with Crippen molar-refractivity contribution in [2.24, 2.45) is 5.73 Å². The smallest absolute Gasteiger partial charge is 0.376 e. The first-order chi connectivity index (χ1) is 6.53. The van der Waals surface area contributed by atoms with Gasteiger partial charge in [0.05, 0.1) is 0 Å². The number of rotatable bonds is 3. The minimum atomic E-state index is -4.21. The molecule has 5 heteroatoms. The summed E-state index contributed by atoms with van der Waals surface area (Å²) in [6.45, 7) is -0.814. The van der Waals surface area contributed by atoms with E-state index >= 15 is 0 Å². The van der Waals surface area contributed by atoms with Gasteiger partial charge in [-0.05, 0) is 11.6 Å². The lowest BCUT2D eigenvalue weighted by Gasteiger charge is -2.12. The first kappa shape index (κ1) is 10.8. The highest BCUT2D eigenvalue weighted by Crippen LogP contribution is 2.19. The SMILES string of the molecule is NCc1ccccc1NCC(F)(F)F. The normalized spacial score (nSPS) is 11.4. The number of benzene rings is 1. The van der Waals surface area contributed by atoms with Gasteiger partial charge in [0.1, 0.15) is 6.54 Å². The van der Waals surface area contributed by atoms with Crippen LogP contribution in [-0.4, -0.2) is 12.7 Å².